The molecule has 1 aliphatic rings. The van der Waals surface area contributed by atoms with Gasteiger partial charge in [0.2, 0.25) is 11.9 Å². The molecule has 0 atom stereocenters. The lowest BCUT2D eigenvalue weighted by molar-refractivity contribution is -0.120. The van der Waals surface area contributed by atoms with E-state index in [2.05, 4.69) is 30.4 Å². The van der Waals surface area contributed by atoms with Crippen LogP contribution in [0.3, 0.4) is 0 Å². The molecule has 4 rings (SSSR count). The normalized spacial score (nSPS) is 14.4. The SMILES string of the molecule is N#Cc1ccc(N2CCC(C(=O)Nc3n[nH]c(-c4ccccc4F)n3)CC2)nc1. The maximum Gasteiger partial charge on any atom is 0.249 e. The Morgan fingerprint density at radius 1 is 1.24 bits per heavy atom. The number of rotatable bonds is 4. The van der Waals surface area contributed by atoms with Crippen molar-refractivity contribution in [2.75, 3.05) is 23.3 Å². The quantitative estimate of drug-likeness (QED) is 0.707. The smallest absolute Gasteiger partial charge is 0.249 e. The van der Waals surface area contributed by atoms with Crippen LogP contribution in [-0.4, -0.2) is 39.2 Å². The summed E-state index contributed by atoms with van der Waals surface area (Å²) < 4.78 is 13.9. The summed E-state index contributed by atoms with van der Waals surface area (Å²) in [5.74, 6) is 0.456. The lowest BCUT2D eigenvalue weighted by Gasteiger charge is -2.31. The standard InChI is InChI=1S/C20H18FN7O/c21-16-4-2-1-3-15(16)18-24-20(27-26-18)25-19(29)14-7-9-28(10-8-14)17-6-5-13(11-22)12-23-17/h1-6,12,14H,7-10H2,(H2,24,25,26,27,29). The first-order valence-corrected chi connectivity index (χ1v) is 9.23. The van der Waals surface area contributed by atoms with Gasteiger partial charge in [0, 0.05) is 25.2 Å². The fourth-order valence-electron chi connectivity index (χ4n) is 3.31. The summed E-state index contributed by atoms with van der Waals surface area (Å²) in [5.41, 5.74) is 0.813. The van der Waals surface area contributed by atoms with Gasteiger partial charge in [-0.1, -0.05) is 12.1 Å². The zero-order chi connectivity index (χ0) is 20.2. The number of H-pyrrole nitrogens is 1. The Bertz CT molecular complexity index is 1050. The van der Waals surface area contributed by atoms with Crippen LogP contribution in [0.5, 0.6) is 0 Å². The minimum Gasteiger partial charge on any atom is -0.357 e. The van der Waals surface area contributed by atoms with Crippen LogP contribution in [0.25, 0.3) is 11.4 Å². The van der Waals surface area contributed by atoms with E-state index in [0.717, 1.165) is 5.82 Å². The first-order chi connectivity index (χ1) is 14.1. The van der Waals surface area contributed by atoms with Crippen LogP contribution in [0.15, 0.2) is 42.6 Å². The Hall–Kier alpha value is -3.80. The topological polar surface area (TPSA) is 111 Å². The lowest BCUT2D eigenvalue weighted by atomic mass is 9.96. The Labute approximate surface area is 166 Å². The van der Waals surface area contributed by atoms with Crippen molar-refractivity contribution in [2.45, 2.75) is 12.8 Å². The lowest BCUT2D eigenvalue weighted by Crippen LogP contribution is -2.38. The zero-order valence-corrected chi connectivity index (χ0v) is 15.5. The number of nitrogens with zero attached hydrogens (tertiary/aromatic N) is 5. The third-order valence-electron chi connectivity index (χ3n) is 4.92. The number of anilines is 2. The van der Waals surface area contributed by atoms with Gasteiger partial charge in [0.05, 0.1) is 11.1 Å². The number of hydrogen-bond acceptors (Lipinski definition) is 6. The second-order valence-electron chi connectivity index (χ2n) is 6.75. The van der Waals surface area contributed by atoms with E-state index in [1.54, 1.807) is 30.5 Å². The van der Waals surface area contributed by atoms with E-state index in [1.165, 1.54) is 6.07 Å². The molecule has 1 fully saturated rings. The van der Waals surface area contributed by atoms with Crippen molar-refractivity contribution in [3.63, 3.8) is 0 Å². The average Bonchev–Trinajstić information content (AvgIpc) is 3.22. The number of amides is 1. The third-order valence-corrected chi connectivity index (χ3v) is 4.92. The molecule has 1 aromatic carbocycles. The molecule has 0 aliphatic carbocycles. The number of halogens is 1. The molecule has 1 amide bonds. The third kappa shape index (κ3) is 4.06. The van der Waals surface area contributed by atoms with Crippen molar-refractivity contribution in [1.82, 2.24) is 20.2 Å². The van der Waals surface area contributed by atoms with Crippen LogP contribution in [0.4, 0.5) is 16.2 Å². The number of carbonyl (C=O) groups excluding carboxylic acids is 1. The van der Waals surface area contributed by atoms with Gasteiger partial charge in [-0.15, -0.1) is 5.10 Å². The second-order valence-corrected chi connectivity index (χ2v) is 6.75. The highest BCUT2D eigenvalue weighted by Crippen LogP contribution is 2.24. The minimum absolute atomic E-state index is 0.129. The summed E-state index contributed by atoms with van der Waals surface area (Å²) in [6.45, 7) is 1.37. The van der Waals surface area contributed by atoms with E-state index in [1.807, 2.05) is 12.1 Å². The molecule has 0 spiro atoms. The molecule has 9 heteroatoms. The first-order valence-electron chi connectivity index (χ1n) is 9.23. The molecule has 1 aliphatic heterocycles. The van der Waals surface area contributed by atoms with Crippen molar-refractivity contribution >= 4 is 17.7 Å². The molecule has 2 aromatic heterocycles. The Kier molecular flexibility index (Phi) is 5.16. The van der Waals surface area contributed by atoms with Crippen LogP contribution in [0.2, 0.25) is 0 Å². The number of piperidine rings is 1. The fourth-order valence-corrected chi connectivity index (χ4v) is 3.31. The van der Waals surface area contributed by atoms with Crippen LogP contribution in [-0.2, 0) is 4.79 Å². The Morgan fingerprint density at radius 3 is 2.72 bits per heavy atom. The number of aromatic nitrogens is 4. The summed E-state index contributed by atoms with van der Waals surface area (Å²) in [7, 11) is 0. The summed E-state index contributed by atoms with van der Waals surface area (Å²) in [6.07, 6.45) is 2.88. The van der Waals surface area contributed by atoms with Crippen molar-refractivity contribution in [3.05, 3.63) is 54.0 Å². The molecular formula is C20H18FN7O. The highest BCUT2D eigenvalue weighted by Gasteiger charge is 2.26. The van der Waals surface area contributed by atoms with E-state index in [4.69, 9.17) is 5.26 Å². The van der Waals surface area contributed by atoms with Crippen molar-refractivity contribution in [1.29, 1.82) is 5.26 Å². The van der Waals surface area contributed by atoms with Crippen LogP contribution in [0, 0.1) is 23.1 Å². The van der Waals surface area contributed by atoms with E-state index in [9.17, 15) is 9.18 Å². The van der Waals surface area contributed by atoms with Gasteiger partial charge in [0.1, 0.15) is 17.7 Å². The molecule has 3 aromatic rings. The Morgan fingerprint density at radius 2 is 2.03 bits per heavy atom. The van der Waals surface area contributed by atoms with Gasteiger partial charge in [-0.3, -0.25) is 15.2 Å². The van der Waals surface area contributed by atoms with Gasteiger partial charge in [0.25, 0.3) is 0 Å². The molecule has 29 heavy (non-hydrogen) atoms. The largest absolute Gasteiger partial charge is 0.357 e. The van der Waals surface area contributed by atoms with Gasteiger partial charge in [0.15, 0.2) is 5.82 Å². The molecular weight excluding hydrogens is 373 g/mol. The number of nitriles is 1. The Balaban J connectivity index is 1.34. The van der Waals surface area contributed by atoms with Gasteiger partial charge in [-0.25, -0.2) is 9.37 Å². The molecule has 0 bridgehead atoms. The molecule has 0 unspecified atom stereocenters. The molecule has 8 nitrogen and oxygen atoms in total. The average molecular weight is 391 g/mol. The second kappa shape index (κ2) is 8.06. The minimum atomic E-state index is -0.412. The number of benzene rings is 1. The zero-order valence-electron chi connectivity index (χ0n) is 15.5. The van der Waals surface area contributed by atoms with E-state index in [0.29, 0.717) is 37.1 Å². The van der Waals surface area contributed by atoms with Crippen LogP contribution < -0.4 is 10.2 Å². The number of nitrogens with one attached hydrogen (secondary N) is 2. The molecule has 0 radical (unpaired) electrons. The molecule has 146 valence electrons. The van der Waals surface area contributed by atoms with Crippen LogP contribution in [0.1, 0.15) is 18.4 Å². The van der Waals surface area contributed by atoms with Crippen molar-refractivity contribution in [2.24, 2.45) is 5.92 Å². The van der Waals surface area contributed by atoms with E-state index < -0.39 is 5.82 Å². The fraction of sp³-hybridized carbons (Fsp3) is 0.250. The van der Waals surface area contributed by atoms with Crippen LogP contribution >= 0.6 is 0 Å². The molecule has 2 N–H and O–H groups in total. The maximum atomic E-state index is 13.9. The maximum absolute atomic E-state index is 13.9. The van der Waals surface area contributed by atoms with Crippen molar-refractivity contribution < 1.29 is 9.18 Å². The molecule has 1 saturated heterocycles. The predicted octanol–water partition coefficient (Wildman–Crippen LogP) is 2.73. The number of carbonyl (C=O) groups is 1. The summed E-state index contributed by atoms with van der Waals surface area (Å²) >= 11 is 0. The predicted molar refractivity (Wildman–Crippen MR) is 104 cm³/mol. The van der Waals surface area contributed by atoms with Gasteiger partial charge >= 0.3 is 0 Å². The molecule has 3 heterocycles. The summed E-state index contributed by atoms with van der Waals surface area (Å²) in [6, 6.07) is 11.8. The number of pyridine rings is 1. The van der Waals surface area contributed by atoms with Gasteiger partial charge in [-0.2, -0.15) is 10.2 Å². The first kappa shape index (κ1) is 18.6. The molecule has 0 saturated carbocycles. The van der Waals surface area contributed by atoms with E-state index >= 15 is 0 Å². The summed E-state index contributed by atoms with van der Waals surface area (Å²) in [4.78, 5) is 23.1. The highest BCUT2D eigenvalue weighted by molar-refractivity contribution is 5.91. The number of hydrogen-bond donors (Lipinski definition) is 2. The summed E-state index contributed by atoms with van der Waals surface area (Å²) in [5, 5.41) is 18.2. The van der Waals surface area contributed by atoms with Crippen molar-refractivity contribution in [3.8, 4) is 17.5 Å². The van der Waals surface area contributed by atoms with Gasteiger partial charge in [-0.05, 0) is 37.1 Å². The van der Waals surface area contributed by atoms with Gasteiger partial charge < -0.3 is 4.90 Å². The highest BCUT2D eigenvalue weighted by atomic mass is 19.1. The van der Waals surface area contributed by atoms with E-state index in [-0.39, 0.29) is 23.6 Å². The monoisotopic (exact) mass is 391 g/mol. The number of aromatic amines is 1.